The van der Waals surface area contributed by atoms with Crippen molar-refractivity contribution in [3.05, 3.63) is 68.9 Å². The highest BCUT2D eigenvalue weighted by molar-refractivity contribution is 6.03. The van der Waals surface area contributed by atoms with E-state index >= 15 is 0 Å². The van der Waals surface area contributed by atoms with Crippen LogP contribution in [0.3, 0.4) is 0 Å². The number of fused-ring (bicyclic) bond motifs is 5. The number of ether oxygens (including phenoxy) is 2. The molecule has 3 atom stereocenters. The average Bonchev–Trinajstić information content (AvgIpc) is 3.22. The van der Waals surface area contributed by atoms with E-state index in [1.165, 1.54) is 13.8 Å². The molecule has 4 rings (SSSR count). The van der Waals surface area contributed by atoms with E-state index in [1.54, 1.807) is 0 Å². The first-order chi connectivity index (χ1) is 14.8. The maximum atomic E-state index is 12.9. The van der Waals surface area contributed by atoms with Gasteiger partial charge in [-0.2, -0.15) is 0 Å². The van der Waals surface area contributed by atoms with Gasteiger partial charge in [-0.05, 0) is 35.0 Å². The van der Waals surface area contributed by atoms with Crippen molar-refractivity contribution in [2.45, 2.75) is 38.8 Å². The molecule has 0 aromatic heterocycles. The Morgan fingerprint density at radius 3 is 2.42 bits per heavy atom. The van der Waals surface area contributed by atoms with Crippen molar-refractivity contribution in [2.24, 2.45) is 17.8 Å². The monoisotopic (exact) mass is 418 g/mol. The van der Waals surface area contributed by atoms with E-state index in [-0.39, 0.29) is 49.6 Å². The number of ketones is 1. The Balaban J connectivity index is 1.94. The van der Waals surface area contributed by atoms with Crippen molar-refractivity contribution in [3.8, 4) is 0 Å². The van der Waals surface area contributed by atoms with Crippen LogP contribution >= 0.6 is 0 Å². The molecule has 158 valence electrons. The largest absolute Gasteiger partial charge is 0.510 e. The molecule has 0 heterocycles. The molecule has 4 aliphatic rings. The molecule has 4 aliphatic carbocycles. The van der Waals surface area contributed by atoms with E-state index in [9.17, 15) is 14.4 Å². The van der Waals surface area contributed by atoms with E-state index in [0.29, 0.717) is 11.1 Å². The summed E-state index contributed by atoms with van der Waals surface area (Å²) in [5, 5.41) is 0. The quantitative estimate of drug-likeness (QED) is 0.397. The number of hydrogen-bond acceptors (Lipinski definition) is 5. The molecule has 0 spiro atoms. The molecule has 1 unspecified atom stereocenters. The van der Waals surface area contributed by atoms with Gasteiger partial charge in [-0.3, -0.25) is 14.4 Å². The van der Waals surface area contributed by atoms with Gasteiger partial charge in [-0.1, -0.05) is 18.2 Å². The van der Waals surface area contributed by atoms with Crippen molar-refractivity contribution in [1.29, 1.82) is 0 Å². The average molecular weight is 418 g/mol. The Hall–Kier alpha value is -3.45. The molecular weight excluding hydrogens is 396 g/mol. The molecule has 2 bridgehead atoms. The molecule has 0 saturated carbocycles. The third kappa shape index (κ3) is 3.41. The van der Waals surface area contributed by atoms with Gasteiger partial charge in [0.25, 0.3) is 0 Å². The first kappa shape index (κ1) is 20.8. The fourth-order valence-corrected chi connectivity index (χ4v) is 5.23. The van der Waals surface area contributed by atoms with Gasteiger partial charge in [0, 0.05) is 31.8 Å². The minimum atomic E-state index is -1.47. The van der Waals surface area contributed by atoms with Crippen LogP contribution in [0.2, 0.25) is 0 Å². The van der Waals surface area contributed by atoms with Crippen molar-refractivity contribution in [3.63, 3.8) is 0 Å². The number of nitrogens with zero attached hydrogens (tertiary/aromatic N) is 2. The zero-order valence-corrected chi connectivity index (χ0v) is 17.4. The molecule has 7 heteroatoms. The van der Waals surface area contributed by atoms with Crippen molar-refractivity contribution < 1.29 is 23.9 Å². The Morgan fingerprint density at radius 2 is 1.77 bits per heavy atom. The molecule has 0 aliphatic heterocycles. The molecule has 0 amide bonds. The van der Waals surface area contributed by atoms with Gasteiger partial charge >= 0.3 is 17.6 Å². The van der Waals surface area contributed by atoms with Crippen LogP contribution in [0.25, 0.3) is 9.69 Å². The molecule has 0 N–H and O–H groups in total. The second-order valence-corrected chi connectivity index (χ2v) is 8.39. The molecule has 0 saturated heterocycles. The Morgan fingerprint density at radius 1 is 1.10 bits per heavy atom. The van der Waals surface area contributed by atoms with Crippen LogP contribution in [0.4, 0.5) is 0 Å². The highest BCUT2D eigenvalue weighted by Gasteiger charge is 2.60. The normalized spacial score (nSPS) is 27.5. The Labute approximate surface area is 180 Å². The highest BCUT2D eigenvalue weighted by atomic mass is 16.5. The maximum absolute atomic E-state index is 12.9. The van der Waals surface area contributed by atoms with Gasteiger partial charge < -0.3 is 9.47 Å². The number of Topliss-reactive ketones (excluding diaryl/α,β-unsaturated/α-hetero) is 1. The summed E-state index contributed by atoms with van der Waals surface area (Å²) in [5.74, 6) is -1.14. The second-order valence-electron chi connectivity index (χ2n) is 8.39. The summed E-state index contributed by atoms with van der Waals surface area (Å²) < 4.78 is 10.5. The van der Waals surface area contributed by atoms with Gasteiger partial charge in [-0.25, -0.2) is 22.8 Å². The summed E-state index contributed by atoms with van der Waals surface area (Å²) in [6.45, 7) is 18.3. The van der Waals surface area contributed by atoms with Gasteiger partial charge in [0.2, 0.25) is 0 Å². The predicted octanol–water partition coefficient (Wildman–Crippen LogP) is 3.37. The third-order valence-electron chi connectivity index (χ3n) is 6.58. The molecule has 7 nitrogen and oxygen atoms in total. The number of carbonyl (C=O) groups is 3. The lowest BCUT2D eigenvalue weighted by atomic mass is 9.70. The first-order valence-corrected chi connectivity index (χ1v) is 10.2. The minimum absolute atomic E-state index is 0.00534. The molecular formula is C24H22N2O5. The Kier molecular flexibility index (Phi) is 5.15. The van der Waals surface area contributed by atoms with Crippen LogP contribution in [0.1, 0.15) is 33.1 Å². The summed E-state index contributed by atoms with van der Waals surface area (Å²) in [6, 6.07) is 0. The van der Waals surface area contributed by atoms with Gasteiger partial charge in [0.1, 0.15) is 25.2 Å². The Bertz CT molecular complexity index is 1080. The maximum Gasteiger partial charge on any atom is 0.510 e. The van der Waals surface area contributed by atoms with Crippen LogP contribution in [0, 0.1) is 30.9 Å². The highest BCUT2D eigenvalue weighted by Crippen LogP contribution is 2.55. The van der Waals surface area contributed by atoms with Crippen molar-refractivity contribution in [2.75, 3.05) is 13.2 Å². The zero-order valence-electron chi connectivity index (χ0n) is 17.4. The molecule has 0 aromatic rings. The first-order valence-electron chi connectivity index (χ1n) is 10.2. The summed E-state index contributed by atoms with van der Waals surface area (Å²) in [5.41, 5.74) is 1.71. The third-order valence-corrected chi connectivity index (χ3v) is 6.58. The number of hydrogen-bond donors (Lipinski definition) is 0. The molecule has 0 radical (unpaired) electrons. The van der Waals surface area contributed by atoms with Crippen molar-refractivity contribution in [1.82, 2.24) is 0 Å². The lowest BCUT2D eigenvalue weighted by molar-refractivity contribution is -0.141. The SMILES string of the molecule is [C-]#[N+]C1([N+]#[C-])CC2=C(COC(C)=O)C(=O)CC2=C(COC(C)=O)[C@@H]2C1=C[C@H]1C=CC2C1. The van der Waals surface area contributed by atoms with Crippen LogP contribution in [-0.4, -0.2) is 36.6 Å². The summed E-state index contributed by atoms with van der Waals surface area (Å²) >= 11 is 0. The lowest BCUT2D eigenvalue weighted by Gasteiger charge is -2.31. The zero-order chi connectivity index (χ0) is 22.3. The van der Waals surface area contributed by atoms with E-state index in [1.807, 2.05) is 6.08 Å². The molecule has 0 fully saturated rings. The van der Waals surface area contributed by atoms with E-state index in [0.717, 1.165) is 23.1 Å². The number of rotatable bonds is 4. The van der Waals surface area contributed by atoms with Crippen LogP contribution in [0.15, 0.2) is 46.1 Å². The predicted molar refractivity (Wildman–Crippen MR) is 110 cm³/mol. The molecule has 0 aromatic carbocycles. The van der Waals surface area contributed by atoms with Gasteiger partial charge in [0.15, 0.2) is 5.78 Å². The van der Waals surface area contributed by atoms with E-state index < -0.39 is 17.6 Å². The fraction of sp³-hybridized carbons (Fsp3) is 0.458. The topological polar surface area (TPSA) is 78.4 Å². The molecule has 31 heavy (non-hydrogen) atoms. The van der Waals surface area contributed by atoms with Gasteiger partial charge in [-0.15, -0.1) is 0 Å². The second kappa shape index (κ2) is 7.67. The number of esters is 2. The van der Waals surface area contributed by atoms with E-state index in [2.05, 4.69) is 21.8 Å². The van der Waals surface area contributed by atoms with Gasteiger partial charge in [0.05, 0.1) is 0 Å². The van der Waals surface area contributed by atoms with E-state index in [4.69, 9.17) is 22.6 Å². The van der Waals surface area contributed by atoms with Crippen LogP contribution < -0.4 is 0 Å². The summed E-state index contributed by atoms with van der Waals surface area (Å²) in [6.07, 6.45) is 7.24. The minimum Gasteiger partial charge on any atom is -0.461 e. The smallest absolute Gasteiger partial charge is 0.461 e. The standard InChI is InChI=1S/C24H22N2O5/c1-13(27)30-11-19-18-10-24(25-3,26-4)21-8-15-5-6-16(7-15)23(21)20(12-31-14(2)28)17(18)9-22(19)29/h5-6,8,15-16,23H,7,9-12H2,1-2H3/t15-,16?,23+/m0/s1. The van der Waals surface area contributed by atoms with Crippen LogP contribution in [-0.2, 0) is 23.9 Å². The number of carbonyl (C=O) groups excluding carboxylic acids is 3. The lowest BCUT2D eigenvalue weighted by Crippen LogP contribution is -2.34. The summed E-state index contributed by atoms with van der Waals surface area (Å²) in [4.78, 5) is 43.5. The fourth-order valence-electron chi connectivity index (χ4n) is 5.23. The van der Waals surface area contributed by atoms with Crippen molar-refractivity contribution >= 4 is 17.7 Å². The van der Waals surface area contributed by atoms with Crippen LogP contribution in [0.5, 0.6) is 0 Å². The number of allylic oxidation sites excluding steroid dienone is 4. The summed E-state index contributed by atoms with van der Waals surface area (Å²) in [7, 11) is 0.